The summed E-state index contributed by atoms with van der Waals surface area (Å²) in [5.74, 6) is -0.556. The number of likely N-dealkylation sites (tertiary alicyclic amines) is 1. The van der Waals surface area contributed by atoms with Gasteiger partial charge in [-0.3, -0.25) is 14.5 Å². The van der Waals surface area contributed by atoms with Crippen LogP contribution in [0.4, 0.5) is 4.79 Å². The Balaban J connectivity index is 1.60. The van der Waals surface area contributed by atoms with Gasteiger partial charge in [-0.25, -0.2) is 4.79 Å². The lowest BCUT2D eigenvalue weighted by atomic mass is 9.90. The number of carbonyl (C=O) groups excluding carboxylic acids is 3. The molecule has 2 heterocycles. The molecule has 6 heteroatoms. The number of nitrogens with one attached hydrogen (secondary N) is 1. The van der Waals surface area contributed by atoms with Crippen molar-refractivity contribution in [3.8, 4) is 0 Å². The number of nitrogens with zero attached hydrogens (tertiary/aromatic N) is 2. The van der Waals surface area contributed by atoms with Gasteiger partial charge in [-0.2, -0.15) is 0 Å². The summed E-state index contributed by atoms with van der Waals surface area (Å²) < 4.78 is 0. The molecule has 2 fully saturated rings. The number of urea groups is 1. The fraction of sp³-hybridized carbons (Fsp3) is 0.350. The minimum Gasteiger partial charge on any atom is -0.341 e. The number of imide groups is 1. The van der Waals surface area contributed by atoms with Crippen molar-refractivity contribution in [2.45, 2.75) is 25.3 Å². The quantitative estimate of drug-likeness (QED) is 0.862. The number of benzene rings is 2. The highest BCUT2D eigenvalue weighted by Gasteiger charge is 2.49. The number of carbonyl (C=O) groups is 3. The van der Waals surface area contributed by atoms with Crippen molar-refractivity contribution in [2.24, 2.45) is 0 Å². The summed E-state index contributed by atoms with van der Waals surface area (Å²) in [7, 11) is 0. The molecule has 2 saturated heterocycles. The molecule has 2 aromatic carbocycles. The Bertz CT molecular complexity index is 904. The van der Waals surface area contributed by atoms with Gasteiger partial charge < -0.3 is 10.2 Å². The molecular formula is C20H21N3O3. The molecule has 6 nitrogen and oxygen atoms in total. The minimum atomic E-state index is -1.16. The fourth-order valence-corrected chi connectivity index (χ4v) is 3.74. The number of hydrogen-bond donors (Lipinski definition) is 1. The van der Waals surface area contributed by atoms with E-state index >= 15 is 0 Å². The average molecular weight is 351 g/mol. The van der Waals surface area contributed by atoms with Gasteiger partial charge in [-0.05, 0) is 42.2 Å². The van der Waals surface area contributed by atoms with Crippen LogP contribution in [-0.4, -0.2) is 47.3 Å². The molecule has 0 bridgehead atoms. The standard InChI is InChI=1S/C20H21N3O3/c1-20(16-9-8-14-6-2-3-7-15(14)12-16)18(25)23(19(26)21-20)13-17(24)22-10-4-5-11-22/h2-3,6-9,12H,4-5,10-11,13H2,1H3,(H,21,26)/t20-/m1/s1. The van der Waals surface area contributed by atoms with E-state index in [0.717, 1.165) is 28.5 Å². The summed E-state index contributed by atoms with van der Waals surface area (Å²) in [6.07, 6.45) is 1.95. The highest BCUT2D eigenvalue weighted by molar-refractivity contribution is 6.09. The van der Waals surface area contributed by atoms with Crippen molar-refractivity contribution >= 4 is 28.6 Å². The Morgan fingerprint density at radius 3 is 2.50 bits per heavy atom. The van der Waals surface area contributed by atoms with Gasteiger partial charge in [-0.1, -0.05) is 36.4 Å². The molecule has 2 aliphatic heterocycles. The molecule has 4 rings (SSSR count). The van der Waals surface area contributed by atoms with E-state index in [1.165, 1.54) is 0 Å². The highest BCUT2D eigenvalue weighted by atomic mass is 16.2. The van der Waals surface area contributed by atoms with E-state index in [4.69, 9.17) is 0 Å². The molecule has 0 saturated carbocycles. The van der Waals surface area contributed by atoms with Gasteiger partial charge in [0.05, 0.1) is 0 Å². The first-order valence-electron chi connectivity index (χ1n) is 8.90. The SMILES string of the molecule is C[C@]1(c2ccc3ccccc3c2)NC(=O)N(CC(=O)N2CCCC2)C1=O. The molecule has 0 unspecified atom stereocenters. The van der Waals surface area contributed by atoms with Crippen molar-refractivity contribution < 1.29 is 14.4 Å². The smallest absolute Gasteiger partial charge is 0.325 e. The Hall–Kier alpha value is -2.89. The van der Waals surface area contributed by atoms with E-state index in [9.17, 15) is 14.4 Å². The van der Waals surface area contributed by atoms with Crippen molar-refractivity contribution in [2.75, 3.05) is 19.6 Å². The second-order valence-electron chi connectivity index (χ2n) is 7.10. The molecule has 0 aromatic heterocycles. The molecule has 2 aliphatic rings. The molecule has 26 heavy (non-hydrogen) atoms. The Morgan fingerprint density at radius 2 is 1.77 bits per heavy atom. The maximum atomic E-state index is 13.0. The number of fused-ring (bicyclic) bond motifs is 1. The summed E-state index contributed by atoms with van der Waals surface area (Å²) >= 11 is 0. The minimum absolute atomic E-state index is 0.172. The van der Waals surface area contributed by atoms with Gasteiger partial charge in [0.25, 0.3) is 5.91 Å². The molecule has 2 aromatic rings. The molecule has 0 radical (unpaired) electrons. The van der Waals surface area contributed by atoms with Crippen molar-refractivity contribution in [3.05, 3.63) is 48.0 Å². The van der Waals surface area contributed by atoms with Crippen LogP contribution >= 0.6 is 0 Å². The fourth-order valence-electron chi connectivity index (χ4n) is 3.74. The predicted octanol–water partition coefficient (Wildman–Crippen LogP) is 2.23. The lowest BCUT2D eigenvalue weighted by Gasteiger charge is -2.23. The van der Waals surface area contributed by atoms with E-state index in [-0.39, 0.29) is 18.4 Å². The molecule has 0 aliphatic carbocycles. The highest BCUT2D eigenvalue weighted by Crippen LogP contribution is 2.31. The third-order valence-corrected chi connectivity index (χ3v) is 5.35. The molecule has 0 spiro atoms. The zero-order valence-corrected chi connectivity index (χ0v) is 14.7. The summed E-state index contributed by atoms with van der Waals surface area (Å²) in [6.45, 7) is 2.89. The third-order valence-electron chi connectivity index (χ3n) is 5.35. The van der Waals surface area contributed by atoms with Crippen LogP contribution in [0.2, 0.25) is 0 Å². The third kappa shape index (κ3) is 2.62. The van der Waals surface area contributed by atoms with Gasteiger partial charge in [-0.15, -0.1) is 0 Å². The first-order valence-corrected chi connectivity index (χ1v) is 8.90. The van der Waals surface area contributed by atoms with Crippen LogP contribution in [0.5, 0.6) is 0 Å². The number of amides is 4. The van der Waals surface area contributed by atoms with E-state index in [1.54, 1.807) is 11.8 Å². The first-order chi connectivity index (χ1) is 12.5. The summed E-state index contributed by atoms with van der Waals surface area (Å²) in [5.41, 5.74) is -0.447. The number of rotatable bonds is 3. The van der Waals surface area contributed by atoms with Crippen LogP contribution in [0.3, 0.4) is 0 Å². The molecule has 1 atom stereocenters. The summed E-state index contributed by atoms with van der Waals surface area (Å²) in [4.78, 5) is 40.5. The van der Waals surface area contributed by atoms with E-state index in [2.05, 4.69) is 5.32 Å². The van der Waals surface area contributed by atoms with E-state index in [1.807, 2.05) is 42.5 Å². The van der Waals surface area contributed by atoms with Crippen LogP contribution in [-0.2, 0) is 15.1 Å². The van der Waals surface area contributed by atoms with Gasteiger partial charge in [0.1, 0.15) is 12.1 Å². The Labute approximate surface area is 151 Å². The average Bonchev–Trinajstić information content (AvgIpc) is 3.25. The van der Waals surface area contributed by atoms with E-state index < -0.39 is 11.6 Å². The largest absolute Gasteiger partial charge is 0.341 e. The first kappa shape index (κ1) is 16.6. The van der Waals surface area contributed by atoms with Gasteiger partial charge in [0.15, 0.2) is 0 Å². The summed E-state index contributed by atoms with van der Waals surface area (Å²) in [5, 5.41) is 4.84. The van der Waals surface area contributed by atoms with Gasteiger partial charge in [0.2, 0.25) is 5.91 Å². The normalized spacial score (nSPS) is 23.0. The summed E-state index contributed by atoms with van der Waals surface area (Å²) in [6, 6.07) is 13.1. The van der Waals surface area contributed by atoms with Crippen molar-refractivity contribution in [3.63, 3.8) is 0 Å². The monoisotopic (exact) mass is 351 g/mol. The Kier molecular flexibility index (Phi) is 3.90. The van der Waals surface area contributed by atoms with Crippen molar-refractivity contribution in [1.29, 1.82) is 0 Å². The van der Waals surface area contributed by atoms with E-state index in [0.29, 0.717) is 18.7 Å². The maximum absolute atomic E-state index is 13.0. The van der Waals surface area contributed by atoms with Crippen molar-refractivity contribution in [1.82, 2.24) is 15.1 Å². The van der Waals surface area contributed by atoms with Crippen LogP contribution in [0.15, 0.2) is 42.5 Å². The van der Waals surface area contributed by atoms with Crippen LogP contribution in [0.1, 0.15) is 25.3 Å². The Morgan fingerprint density at radius 1 is 1.08 bits per heavy atom. The van der Waals surface area contributed by atoms with Crippen LogP contribution in [0, 0.1) is 0 Å². The molecule has 4 amide bonds. The number of hydrogen-bond acceptors (Lipinski definition) is 3. The molecule has 1 N–H and O–H groups in total. The molecular weight excluding hydrogens is 330 g/mol. The zero-order chi connectivity index (χ0) is 18.3. The molecule has 134 valence electrons. The van der Waals surface area contributed by atoms with Crippen LogP contribution in [0.25, 0.3) is 10.8 Å². The van der Waals surface area contributed by atoms with Crippen LogP contribution < -0.4 is 5.32 Å². The zero-order valence-electron chi connectivity index (χ0n) is 14.7. The topological polar surface area (TPSA) is 69.7 Å². The maximum Gasteiger partial charge on any atom is 0.325 e. The van der Waals surface area contributed by atoms with Gasteiger partial charge >= 0.3 is 6.03 Å². The second kappa shape index (κ2) is 6.12. The predicted molar refractivity (Wildman–Crippen MR) is 97.4 cm³/mol. The lowest BCUT2D eigenvalue weighted by Crippen LogP contribution is -2.43. The van der Waals surface area contributed by atoms with Gasteiger partial charge in [0, 0.05) is 13.1 Å². The second-order valence-corrected chi connectivity index (χ2v) is 7.10. The lowest BCUT2D eigenvalue weighted by molar-refractivity contribution is -0.138.